The van der Waals surface area contributed by atoms with Gasteiger partial charge in [0, 0.05) is 39.1 Å². The predicted octanol–water partition coefficient (Wildman–Crippen LogP) is 0.132. The molecule has 2 rings (SSSR count). The second-order valence-corrected chi connectivity index (χ2v) is 4.70. The van der Waals surface area contributed by atoms with Crippen molar-refractivity contribution in [3.63, 3.8) is 0 Å². The lowest BCUT2D eigenvalue weighted by molar-refractivity contribution is 0.101. The largest absolute Gasteiger partial charge is 0.395 e. The number of hydrogen-bond donors (Lipinski definition) is 1. The molecule has 0 amide bonds. The minimum absolute atomic E-state index is 0.240. The second kappa shape index (κ2) is 6.82. The summed E-state index contributed by atoms with van der Waals surface area (Å²) < 4.78 is 5.24. The molecule has 0 atom stereocenters. The summed E-state index contributed by atoms with van der Waals surface area (Å²) in [5, 5.41) is 12.8. The summed E-state index contributed by atoms with van der Waals surface area (Å²) in [6.07, 6.45) is 1.92. The maximum Gasteiger partial charge on any atom is 0.240 e. The summed E-state index contributed by atoms with van der Waals surface area (Å²) in [5.74, 6) is 1.53. The topological polar surface area (TPSA) is 65.6 Å². The third kappa shape index (κ3) is 3.76. The van der Waals surface area contributed by atoms with E-state index in [4.69, 9.17) is 9.63 Å². The van der Waals surface area contributed by atoms with Crippen molar-refractivity contribution in [1.82, 2.24) is 19.9 Å². The highest BCUT2D eigenvalue weighted by atomic mass is 16.5. The van der Waals surface area contributed by atoms with Crippen molar-refractivity contribution >= 4 is 0 Å². The number of piperazine rings is 1. The molecule has 1 aromatic rings. The molecule has 1 N–H and O–H groups in total. The van der Waals surface area contributed by atoms with Crippen molar-refractivity contribution in [2.75, 3.05) is 39.3 Å². The molecular formula is C12H22N4O2. The van der Waals surface area contributed by atoms with Crippen LogP contribution in [0.5, 0.6) is 0 Å². The number of aromatic nitrogens is 2. The lowest BCUT2D eigenvalue weighted by atomic mass is 10.3. The zero-order chi connectivity index (χ0) is 12.8. The molecule has 0 saturated carbocycles. The summed E-state index contributed by atoms with van der Waals surface area (Å²) in [6.45, 7) is 7.84. The van der Waals surface area contributed by atoms with Crippen LogP contribution in [0.3, 0.4) is 0 Å². The van der Waals surface area contributed by atoms with E-state index >= 15 is 0 Å². The van der Waals surface area contributed by atoms with E-state index in [1.807, 2.05) is 0 Å². The Labute approximate surface area is 108 Å². The lowest BCUT2D eigenvalue weighted by Crippen LogP contribution is -2.46. The summed E-state index contributed by atoms with van der Waals surface area (Å²) in [5.41, 5.74) is 0. The summed E-state index contributed by atoms with van der Waals surface area (Å²) in [4.78, 5) is 8.96. The molecule has 1 fully saturated rings. The average Bonchev–Trinajstić information content (AvgIpc) is 2.80. The maximum absolute atomic E-state index is 8.88. The zero-order valence-corrected chi connectivity index (χ0v) is 11.0. The number of hydrogen-bond acceptors (Lipinski definition) is 6. The van der Waals surface area contributed by atoms with Crippen LogP contribution in [-0.4, -0.2) is 64.4 Å². The van der Waals surface area contributed by atoms with Gasteiger partial charge in [-0.05, 0) is 6.42 Å². The fourth-order valence-electron chi connectivity index (χ4n) is 2.18. The number of aliphatic hydroxyl groups is 1. The van der Waals surface area contributed by atoms with Crippen LogP contribution in [0.15, 0.2) is 4.52 Å². The molecule has 0 aromatic carbocycles. The summed E-state index contributed by atoms with van der Waals surface area (Å²) in [7, 11) is 0. The molecule has 6 heteroatoms. The quantitative estimate of drug-likeness (QED) is 0.778. The van der Waals surface area contributed by atoms with Crippen LogP contribution in [-0.2, 0) is 13.0 Å². The van der Waals surface area contributed by atoms with E-state index in [0.29, 0.717) is 5.89 Å². The molecule has 1 saturated heterocycles. The SMILES string of the molecule is CCCc1noc(CN2CCN(CCO)CC2)n1. The fourth-order valence-corrected chi connectivity index (χ4v) is 2.18. The van der Waals surface area contributed by atoms with E-state index in [1.165, 1.54) is 0 Å². The first kappa shape index (κ1) is 13.5. The van der Waals surface area contributed by atoms with Gasteiger partial charge in [0.2, 0.25) is 5.89 Å². The molecule has 0 radical (unpaired) electrons. The van der Waals surface area contributed by atoms with Gasteiger partial charge in [-0.2, -0.15) is 4.98 Å². The molecule has 6 nitrogen and oxygen atoms in total. The molecule has 1 aliphatic rings. The Balaban J connectivity index is 1.76. The van der Waals surface area contributed by atoms with Crippen molar-refractivity contribution in [3.8, 4) is 0 Å². The van der Waals surface area contributed by atoms with Gasteiger partial charge in [-0.15, -0.1) is 0 Å². The average molecular weight is 254 g/mol. The Morgan fingerprint density at radius 2 is 1.94 bits per heavy atom. The Morgan fingerprint density at radius 1 is 1.22 bits per heavy atom. The number of nitrogens with zero attached hydrogens (tertiary/aromatic N) is 4. The minimum atomic E-state index is 0.240. The lowest BCUT2D eigenvalue weighted by Gasteiger charge is -2.33. The number of β-amino-alcohol motifs (C(OH)–C–C–N with tert-alkyl or cyclic N) is 1. The van der Waals surface area contributed by atoms with E-state index in [9.17, 15) is 0 Å². The van der Waals surface area contributed by atoms with Crippen LogP contribution >= 0.6 is 0 Å². The van der Waals surface area contributed by atoms with Crippen LogP contribution in [0.2, 0.25) is 0 Å². The molecular weight excluding hydrogens is 232 g/mol. The van der Waals surface area contributed by atoms with Gasteiger partial charge in [0.1, 0.15) is 0 Å². The fraction of sp³-hybridized carbons (Fsp3) is 0.833. The van der Waals surface area contributed by atoms with Crippen molar-refractivity contribution in [2.24, 2.45) is 0 Å². The Bertz CT molecular complexity index is 348. The highest BCUT2D eigenvalue weighted by Gasteiger charge is 2.18. The Kier molecular flexibility index (Phi) is 5.10. The number of aliphatic hydroxyl groups excluding tert-OH is 1. The second-order valence-electron chi connectivity index (χ2n) is 4.70. The van der Waals surface area contributed by atoms with Gasteiger partial charge in [-0.25, -0.2) is 0 Å². The van der Waals surface area contributed by atoms with E-state index in [0.717, 1.165) is 57.9 Å². The summed E-state index contributed by atoms with van der Waals surface area (Å²) >= 11 is 0. The first-order chi connectivity index (χ1) is 8.81. The van der Waals surface area contributed by atoms with E-state index in [-0.39, 0.29) is 6.61 Å². The van der Waals surface area contributed by atoms with Crippen LogP contribution in [0, 0.1) is 0 Å². The van der Waals surface area contributed by atoms with Gasteiger partial charge < -0.3 is 9.63 Å². The van der Waals surface area contributed by atoms with E-state index in [2.05, 4.69) is 26.9 Å². The van der Waals surface area contributed by atoms with Crippen molar-refractivity contribution in [1.29, 1.82) is 0 Å². The van der Waals surface area contributed by atoms with E-state index in [1.54, 1.807) is 0 Å². The van der Waals surface area contributed by atoms with Crippen LogP contribution in [0.4, 0.5) is 0 Å². The zero-order valence-electron chi connectivity index (χ0n) is 11.0. The monoisotopic (exact) mass is 254 g/mol. The first-order valence-electron chi connectivity index (χ1n) is 6.69. The maximum atomic E-state index is 8.88. The van der Waals surface area contributed by atoms with Crippen molar-refractivity contribution in [2.45, 2.75) is 26.3 Å². The van der Waals surface area contributed by atoms with Gasteiger partial charge in [-0.3, -0.25) is 9.80 Å². The molecule has 2 heterocycles. The third-order valence-corrected chi connectivity index (χ3v) is 3.22. The molecule has 0 unspecified atom stereocenters. The molecule has 1 aliphatic heterocycles. The van der Waals surface area contributed by atoms with Crippen molar-refractivity contribution < 1.29 is 9.63 Å². The van der Waals surface area contributed by atoms with E-state index < -0.39 is 0 Å². The standard InChI is InChI=1S/C12H22N4O2/c1-2-3-11-13-12(18-14-11)10-16-6-4-15(5-7-16)8-9-17/h17H,2-10H2,1H3. The molecule has 1 aromatic heterocycles. The highest BCUT2D eigenvalue weighted by Crippen LogP contribution is 2.07. The predicted molar refractivity (Wildman–Crippen MR) is 67.1 cm³/mol. The van der Waals surface area contributed by atoms with Gasteiger partial charge in [0.25, 0.3) is 0 Å². The Hall–Kier alpha value is -0.980. The van der Waals surface area contributed by atoms with Gasteiger partial charge >= 0.3 is 0 Å². The molecule has 0 bridgehead atoms. The molecule has 0 aliphatic carbocycles. The smallest absolute Gasteiger partial charge is 0.240 e. The highest BCUT2D eigenvalue weighted by molar-refractivity contribution is 4.87. The number of aryl methyl sites for hydroxylation is 1. The molecule has 0 spiro atoms. The molecule has 102 valence electrons. The van der Waals surface area contributed by atoms with Gasteiger partial charge in [0.05, 0.1) is 13.2 Å². The summed E-state index contributed by atoms with van der Waals surface area (Å²) in [6, 6.07) is 0. The van der Waals surface area contributed by atoms with Crippen LogP contribution in [0.25, 0.3) is 0 Å². The third-order valence-electron chi connectivity index (χ3n) is 3.22. The minimum Gasteiger partial charge on any atom is -0.395 e. The number of rotatable bonds is 6. The van der Waals surface area contributed by atoms with Crippen molar-refractivity contribution in [3.05, 3.63) is 11.7 Å². The van der Waals surface area contributed by atoms with Crippen LogP contribution < -0.4 is 0 Å². The normalized spacial score (nSPS) is 18.3. The Morgan fingerprint density at radius 3 is 2.61 bits per heavy atom. The van der Waals surface area contributed by atoms with Gasteiger partial charge in [-0.1, -0.05) is 12.1 Å². The molecule has 18 heavy (non-hydrogen) atoms. The van der Waals surface area contributed by atoms with Gasteiger partial charge in [0.15, 0.2) is 5.82 Å². The first-order valence-corrected chi connectivity index (χ1v) is 6.69. The van der Waals surface area contributed by atoms with Crippen LogP contribution in [0.1, 0.15) is 25.1 Å².